The van der Waals surface area contributed by atoms with Gasteiger partial charge >= 0.3 is 0 Å². The Hall–Kier alpha value is -7.68. The first kappa shape index (κ1) is 32.6. The van der Waals surface area contributed by atoms with E-state index < -0.39 is 0 Å². The van der Waals surface area contributed by atoms with E-state index >= 15 is 0 Å². The van der Waals surface area contributed by atoms with E-state index in [4.69, 9.17) is 0 Å². The highest BCUT2D eigenvalue weighted by atomic mass is 15.0. The zero-order chi connectivity index (χ0) is 38.2. The van der Waals surface area contributed by atoms with Crippen LogP contribution in [0.25, 0.3) is 110 Å². The Morgan fingerprint density at radius 3 is 1.14 bits per heavy atom. The van der Waals surface area contributed by atoms with Crippen LogP contribution in [-0.2, 0) is 0 Å². The average Bonchev–Trinajstić information content (AvgIpc) is 3.81. The zero-order valence-corrected chi connectivity index (χ0v) is 31.7. The molecule has 270 valence electrons. The second kappa shape index (κ2) is 12.9. The summed E-state index contributed by atoms with van der Waals surface area (Å²) < 4.78 is 4.87. The summed E-state index contributed by atoms with van der Waals surface area (Å²) in [5.74, 6) is 0. The second-order valence-corrected chi connectivity index (χ2v) is 15.4. The van der Waals surface area contributed by atoms with E-state index in [9.17, 15) is 0 Å². The van der Waals surface area contributed by atoms with Crippen LogP contribution in [0.5, 0.6) is 0 Å². The monoisotopic (exact) mass is 736 g/mol. The molecule has 10 aromatic carbocycles. The highest BCUT2D eigenvalue weighted by Gasteiger charge is 2.18. The summed E-state index contributed by atoms with van der Waals surface area (Å²) >= 11 is 0. The van der Waals surface area contributed by atoms with Gasteiger partial charge in [0.05, 0.1) is 22.1 Å². The fraction of sp³-hybridized carbons (Fsp3) is 0. The Labute approximate surface area is 336 Å². The van der Waals surface area contributed by atoms with Crippen LogP contribution in [0.15, 0.2) is 218 Å². The number of benzene rings is 10. The van der Waals surface area contributed by atoms with Crippen molar-refractivity contribution in [2.45, 2.75) is 0 Å². The Morgan fingerprint density at radius 1 is 0.207 bits per heavy atom. The first-order valence-electron chi connectivity index (χ1n) is 20.0. The van der Waals surface area contributed by atoms with E-state index in [-0.39, 0.29) is 0 Å². The van der Waals surface area contributed by atoms with Crippen molar-refractivity contribution in [1.29, 1.82) is 0 Å². The van der Waals surface area contributed by atoms with Gasteiger partial charge in [-0.1, -0.05) is 152 Å². The Bertz CT molecular complexity index is 3470. The molecular weight excluding hydrogens is 701 g/mol. The zero-order valence-electron chi connectivity index (χ0n) is 31.7. The first-order valence-corrected chi connectivity index (χ1v) is 20.0. The third kappa shape index (κ3) is 5.19. The summed E-state index contributed by atoms with van der Waals surface area (Å²) in [6, 6.07) is 80.3. The maximum Gasteiger partial charge on any atom is 0.0547 e. The number of para-hydroxylation sites is 3. The molecule has 0 radical (unpaired) electrons. The van der Waals surface area contributed by atoms with Crippen molar-refractivity contribution < 1.29 is 0 Å². The molecule has 0 aliphatic heterocycles. The van der Waals surface area contributed by atoms with Gasteiger partial charge in [0.15, 0.2) is 0 Å². The summed E-state index contributed by atoms with van der Waals surface area (Å²) in [4.78, 5) is 0. The molecule has 0 saturated heterocycles. The summed E-state index contributed by atoms with van der Waals surface area (Å²) in [5, 5.41) is 9.96. The molecule has 0 spiro atoms. The highest BCUT2D eigenvalue weighted by molar-refractivity contribution is 6.12. The van der Waals surface area contributed by atoms with Gasteiger partial charge in [0.1, 0.15) is 0 Å². The number of rotatable bonds is 5. The van der Waals surface area contributed by atoms with Crippen LogP contribution >= 0.6 is 0 Å². The molecule has 12 aromatic rings. The SMILES string of the molecule is c1ccc(-n2c3ccccc3c3ccc(-c4ccc5c6ccccc6n(-c6cc(-c7ccc8ccccc8c7)cc(-c7ccc8ccccc8c7)c6)c5c4)cc32)cc1. The third-order valence-electron chi connectivity index (χ3n) is 12.0. The summed E-state index contributed by atoms with van der Waals surface area (Å²) in [6.45, 7) is 0. The molecule has 12 rings (SSSR count). The van der Waals surface area contributed by atoms with Crippen LogP contribution in [0.2, 0.25) is 0 Å². The third-order valence-corrected chi connectivity index (χ3v) is 12.0. The quantitative estimate of drug-likeness (QED) is 0.167. The number of nitrogens with zero attached hydrogens (tertiary/aromatic N) is 2. The van der Waals surface area contributed by atoms with E-state index in [1.54, 1.807) is 0 Å². The fourth-order valence-corrected chi connectivity index (χ4v) is 9.25. The van der Waals surface area contributed by atoms with Crippen LogP contribution in [0.3, 0.4) is 0 Å². The number of fused-ring (bicyclic) bond motifs is 8. The van der Waals surface area contributed by atoms with Gasteiger partial charge in [-0.05, 0) is 122 Å². The normalized spacial score (nSPS) is 11.8. The van der Waals surface area contributed by atoms with Gasteiger partial charge in [0.25, 0.3) is 0 Å². The molecule has 0 unspecified atom stereocenters. The standard InChI is InChI=1S/C56H36N2/c1-2-16-47(17-3-1)57-53-20-10-8-18-49(53)51-28-26-43(35-55(51)57)44-27-29-52-50-19-9-11-21-54(50)58(56(52)36-44)48-33-45(41-24-22-37-12-4-6-14-39(37)30-41)32-46(34-48)42-25-23-38-13-5-7-15-40(38)31-42/h1-36H. The Morgan fingerprint density at radius 2 is 0.603 bits per heavy atom. The molecular formula is C56H36N2. The maximum absolute atomic E-state index is 2.47. The molecule has 0 bridgehead atoms. The minimum Gasteiger partial charge on any atom is -0.309 e. The molecule has 58 heavy (non-hydrogen) atoms. The second-order valence-electron chi connectivity index (χ2n) is 15.4. The fourth-order valence-electron chi connectivity index (χ4n) is 9.25. The Kier molecular flexibility index (Phi) is 7.26. The van der Waals surface area contributed by atoms with Crippen molar-refractivity contribution in [1.82, 2.24) is 9.13 Å². The van der Waals surface area contributed by atoms with E-state index in [0.717, 1.165) is 11.4 Å². The Balaban J connectivity index is 1.09. The average molecular weight is 737 g/mol. The lowest BCUT2D eigenvalue weighted by Gasteiger charge is -2.15. The molecule has 0 amide bonds. The van der Waals surface area contributed by atoms with Crippen LogP contribution < -0.4 is 0 Å². The molecule has 2 nitrogen and oxygen atoms in total. The highest BCUT2D eigenvalue weighted by Crippen LogP contribution is 2.40. The number of aromatic nitrogens is 2. The first-order chi connectivity index (χ1) is 28.7. The summed E-state index contributed by atoms with van der Waals surface area (Å²) in [5.41, 5.74) is 14.2. The van der Waals surface area contributed by atoms with Crippen molar-refractivity contribution >= 4 is 65.2 Å². The van der Waals surface area contributed by atoms with E-state index in [0.29, 0.717) is 0 Å². The minimum atomic E-state index is 1.14. The lowest BCUT2D eigenvalue weighted by atomic mass is 9.95. The lowest BCUT2D eigenvalue weighted by molar-refractivity contribution is 1.18. The smallest absolute Gasteiger partial charge is 0.0547 e. The molecule has 0 saturated carbocycles. The van der Waals surface area contributed by atoms with E-state index in [2.05, 4.69) is 228 Å². The molecule has 0 N–H and O–H groups in total. The number of hydrogen-bond donors (Lipinski definition) is 0. The molecule has 2 aromatic heterocycles. The van der Waals surface area contributed by atoms with Crippen molar-refractivity contribution in [2.24, 2.45) is 0 Å². The molecule has 0 aliphatic carbocycles. The lowest BCUT2D eigenvalue weighted by Crippen LogP contribution is -1.96. The molecule has 0 fully saturated rings. The molecule has 2 heteroatoms. The number of hydrogen-bond acceptors (Lipinski definition) is 0. The van der Waals surface area contributed by atoms with Gasteiger partial charge in [-0.3, -0.25) is 0 Å². The minimum absolute atomic E-state index is 1.14. The van der Waals surface area contributed by atoms with Gasteiger partial charge in [-0.25, -0.2) is 0 Å². The molecule has 0 atom stereocenters. The van der Waals surface area contributed by atoms with Crippen molar-refractivity contribution in [3.05, 3.63) is 218 Å². The van der Waals surface area contributed by atoms with Crippen molar-refractivity contribution in [2.75, 3.05) is 0 Å². The van der Waals surface area contributed by atoms with E-state index in [1.807, 2.05) is 0 Å². The van der Waals surface area contributed by atoms with Crippen LogP contribution in [0.1, 0.15) is 0 Å². The van der Waals surface area contributed by atoms with Crippen molar-refractivity contribution in [3.63, 3.8) is 0 Å². The predicted octanol–water partition coefficient (Wildman–Crippen LogP) is 15.2. The predicted molar refractivity (Wildman–Crippen MR) is 246 cm³/mol. The van der Waals surface area contributed by atoms with Gasteiger partial charge in [-0.15, -0.1) is 0 Å². The maximum atomic E-state index is 2.47. The van der Waals surface area contributed by atoms with Gasteiger partial charge < -0.3 is 9.13 Å². The van der Waals surface area contributed by atoms with Gasteiger partial charge in [0.2, 0.25) is 0 Å². The largest absolute Gasteiger partial charge is 0.309 e. The summed E-state index contributed by atoms with van der Waals surface area (Å²) in [6.07, 6.45) is 0. The van der Waals surface area contributed by atoms with Crippen LogP contribution in [0, 0.1) is 0 Å². The van der Waals surface area contributed by atoms with E-state index in [1.165, 1.54) is 98.5 Å². The molecule has 2 heterocycles. The topological polar surface area (TPSA) is 9.86 Å². The van der Waals surface area contributed by atoms with Crippen molar-refractivity contribution in [3.8, 4) is 44.8 Å². The van der Waals surface area contributed by atoms with Gasteiger partial charge in [-0.2, -0.15) is 0 Å². The van der Waals surface area contributed by atoms with Gasteiger partial charge in [0, 0.05) is 32.9 Å². The van der Waals surface area contributed by atoms with Crippen LogP contribution in [0.4, 0.5) is 0 Å². The summed E-state index contributed by atoms with van der Waals surface area (Å²) in [7, 11) is 0. The van der Waals surface area contributed by atoms with Crippen LogP contribution in [-0.4, -0.2) is 9.13 Å². The molecule has 0 aliphatic rings.